The van der Waals surface area contributed by atoms with E-state index in [-0.39, 0.29) is 0 Å². The number of nitrogens with zero attached hydrogens (tertiary/aromatic N) is 1. The van der Waals surface area contributed by atoms with Gasteiger partial charge in [-0.1, -0.05) is 22.0 Å². The number of piperidine rings is 1. The van der Waals surface area contributed by atoms with E-state index >= 15 is 0 Å². The van der Waals surface area contributed by atoms with E-state index in [1.807, 2.05) is 0 Å². The molecule has 1 aliphatic carbocycles. The molecule has 1 saturated heterocycles. The Balaban J connectivity index is 1.64. The van der Waals surface area contributed by atoms with Gasteiger partial charge in [0.2, 0.25) is 0 Å². The van der Waals surface area contributed by atoms with Gasteiger partial charge in [-0.3, -0.25) is 4.90 Å². The smallest absolute Gasteiger partial charge is 0.0240 e. The van der Waals surface area contributed by atoms with E-state index < -0.39 is 0 Å². The summed E-state index contributed by atoms with van der Waals surface area (Å²) in [6.07, 6.45) is 5.42. The zero-order chi connectivity index (χ0) is 12.9. The Morgan fingerprint density at radius 1 is 1.21 bits per heavy atom. The molecule has 0 amide bonds. The van der Waals surface area contributed by atoms with Crippen molar-refractivity contribution in [2.45, 2.75) is 43.7 Å². The van der Waals surface area contributed by atoms with Crippen molar-refractivity contribution in [2.24, 2.45) is 0 Å². The Hall–Kier alpha value is -0.380. The lowest BCUT2D eigenvalue weighted by atomic mass is 9.85. The minimum atomic E-state index is 0.502. The number of hydrogen-bond donors (Lipinski definition) is 1. The number of nitrogens with one attached hydrogen (secondary N) is 1. The predicted molar refractivity (Wildman–Crippen MR) is 81.4 cm³/mol. The largest absolute Gasteiger partial charge is 0.317 e. The second kappa shape index (κ2) is 4.57. The molecule has 1 aromatic rings. The average molecular weight is 321 g/mol. The van der Waals surface area contributed by atoms with Crippen LogP contribution in [0.4, 0.5) is 0 Å². The summed E-state index contributed by atoms with van der Waals surface area (Å²) in [4.78, 5) is 2.77. The minimum absolute atomic E-state index is 0.502. The summed E-state index contributed by atoms with van der Waals surface area (Å²) >= 11 is 3.64. The van der Waals surface area contributed by atoms with Crippen LogP contribution in [0, 0.1) is 0 Å². The van der Waals surface area contributed by atoms with E-state index in [4.69, 9.17) is 0 Å². The molecule has 1 N–H and O–H groups in total. The first-order valence-corrected chi connectivity index (χ1v) is 8.30. The van der Waals surface area contributed by atoms with Crippen molar-refractivity contribution in [1.82, 2.24) is 10.2 Å². The van der Waals surface area contributed by atoms with Crippen LogP contribution >= 0.6 is 15.9 Å². The van der Waals surface area contributed by atoms with Crippen molar-refractivity contribution in [2.75, 3.05) is 19.6 Å². The number of halogens is 1. The van der Waals surface area contributed by atoms with Gasteiger partial charge in [0, 0.05) is 29.0 Å². The first kappa shape index (κ1) is 12.4. The van der Waals surface area contributed by atoms with Crippen LogP contribution in [0.25, 0.3) is 0 Å². The summed E-state index contributed by atoms with van der Waals surface area (Å²) in [6, 6.07) is 7.73. The molecule has 2 aliphatic heterocycles. The molecule has 0 unspecified atom stereocenters. The van der Waals surface area contributed by atoms with E-state index in [9.17, 15) is 0 Å². The average Bonchev–Trinajstić information content (AvgIpc) is 3.21. The highest BCUT2D eigenvalue weighted by Gasteiger charge is 2.49. The third-order valence-electron chi connectivity index (χ3n) is 5.20. The maximum atomic E-state index is 3.64. The Labute approximate surface area is 123 Å². The molecule has 4 rings (SSSR count). The van der Waals surface area contributed by atoms with Crippen LogP contribution < -0.4 is 5.32 Å². The highest BCUT2D eigenvalue weighted by atomic mass is 79.9. The van der Waals surface area contributed by atoms with Gasteiger partial charge in [-0.2, -0.15) is 0 Å². The summed E-state index contributed by atoms with van der Waals surface area (Å²) in [7, 11) is 0. The van der Waals surface area contributed by atoms with Gasteiger partial charge in [0.15, 0.2) is 0 Å². The molecule has 0 radical (unpaired) electrons. The zero-order valence-electron chi connectivity index (χ0n) is 11.3. The van der Waals surface area contributed by atoms with E-state index in [2.05, 4.69) is 44.3 Å². The third-order valence-corrected chi connectivity index (χ3v) is 5.69. The second-order valence-corrected chi connectivity index (χ2v) is 7.38. The van der Waals surface area contributed by atoms with Crippen molar-refractivity contribution in [3.8, 4) is 0 Å². The summed E-state index contributed by atoms with van der Waals surface area (Å²) in [5, 5.41) is 3.48. The number of rotatable bonds is 1. The maximum Gasteiger partial charge on any atom is 0.0240 e. The molecule has 1 saturated carbocycles. The van der Waals surface area contributed by atoms with Crippen LogP contribution in [0.2, 0.25) is 0 Å². The fraction of sp³-hybridized carbons (Fsp3) is 0.625. The van der Waals surface area contributed by atoms with Gasteiger partial charge in [-0.15, -0.1) is 0 Å². The van der Waals surface area contributed by atoms with Crippen molar-refractivity contribution in [3.05, 3.63) is 33.8 Å². The standard InChI is InChI=1S/C16H21BrN2/c17-13-2-1-12-10-19(14-3-7-18-8-4-14)11-16(5-6-16)15(12)9-13/h1-2,9,14,18H,3-8,10-11H2. The lowest BCUT2D eigenvalue weighted by Gasteiger charge is -2.41. The Morgan fingerprint density at radius 2 is 2.00 bits per heavy atom. The summed E-state index contributed by atoms with van der Waals surface area (Å²) in [6.45, 7) is 4.85. The lowest BCUT2D eigenvalue weighted by Crippen LogP contribution is -2.48. The second-order valence-electron chi connectivity index (χ2n) is 6.47. The Morgan fingerprint density at radius 3 is 2.74 bits per heavy atom. The fourth-order valence-electron chi connectivity index (χ4n) is 3.94. The normalized spacial score (nSPS) is 26.4. The fourth-order valence-corrected chi connectivity index (χ4v) is 4.30. The zero-order valence-corrected chi connectivity index (χ0v) is 12.9. The molecule has 0 aromatic heterocycles. The third kappa shape index (κ3) is 2.16. The molecular weight excluding hydrogens is 300 g/mol. The van der Waals surface area contributed by atoms with Crippen LogP contribution in [-0.2, 0) is 12.0 Å². The molecule has 0 bridgehead atoms. The van der Waals surface area contributed by atoms with E-state index in [1.54, 1.807) is 11.1 Å². The topological polar surface area (TPSA) is 15.3 Å². The van der Waals surface area contributed by atoms with Gasteiger partial charge in [0.05, 0.1) is 0 Å². The highest BCUT2D eigenvalue weighted by molar-refractivity contribution is 9.10. The van der Waals surface area contributed by atoms with Crippen LogP contribution in [0.15, 0.2) is 22.7 Å². The first-order valence-electron chi connectivity index (χ1n) is 7.51. The molecule has 3 aliphatic rings. The van der Waals surface area contributed by atoms with Gasteiger partial charge in [-0.25, -0.2) is 0 Å². The number of hydrogen-bond acceptors (Lipinski definition) is 2. The van der Waals surface area contributed by atoms with Crippen molar-refractivity contribution < 1.29 is 0 Å². The van der Waals surface area contributed by atoms with Crippen molar-refractivity contribution >= 4 is 15.9 Å². The molecular formula is C16H21BrN2. The highest BCUT2D eigenvalue weighted by Crippen LogP contribution is 2.53. The molecule has 102 valence electrons. The number of fused-ring (bicyclic) bond motifs is 2. The molecule has 3 heteroatoms. The molecule has 2 nitrogen and oxygen atoms in total. The first-order chi connectivity index (χ1) is 9.27. The molecule has 2 fully saturated rings. The molecule has 1 aromatic carbocycles. The van der Waals surface area contributed by atoms with Gasteiger partial charge in [-0.05, 0) is 62.0 Å². The lowest BCUT2D eigenvalue weighted by molar-refractivity contribution is 0.128. The van der Waals surface area contributed by atoms with Crippen LogP contribution in [0.1, 0.15) is 36.8 Å². The monoisotopic (exact) mass is 320 g/mol. The summed E-state index contributed by atoms with van der Waals surface area (Å²) in [5.74, 6) is 0. The Kier molecular flexibility index (Phi) is 2.98. The van der Waals surface area contributed by atoms with E-state index in [0.29, 0.717) is 5.41 Å². The molecule has 1 spiro atoms. The van der Waals surface area contributed by atoms with Gasteiger partial charge < -0.3 is 5.32 Å². The summed E-state index contributed by atoms with van der Waals surface area (Å²) < 4.78 is 1.24. The maximum absolute atomic E-state index is 3.64. The SMILES string of the molecule is Brc1ccc2c(c1)C1(CC1)CN(C1CCNCC1)C2. The van der Waals surface area contributed by atoms with E-state index in [0.717, 1.165) is 12.6 Å². The van der Waals surface area contributed by atoms with Crippen LogP contribution in [0.3, 0.4) is 0 Å². The molecule has 2 heterocycles. The minimum Gasteiger partial charge on any atom is -0.317 e. The Bertz CT molecular complexity index is 490. The predicted octanol–water partition coefficient (Wildman–Crippen LogP) is 3.05. The van der Waals surface area contributed by atoms with Gasteiger partial charge >= 0.3 is 0 Å². The van der Waals surface area contributed by atoms with Gasteiger partial charge in [0.1, 0.15) is 0 Å². The summed E-state index contributed by atoms with van der Waals surface area (Å²) in [5.41, 5.74) is 3.71. The van der Waals surface area contributed by atoms with Crippen LogP contribution in [0.5, 0.6) is 0 Å². The van der Waals surface area contributed by atoms with Crippen molar-refractivity contribution in [3.63, 3.8) is 0 Å². The quantitative estimate of drug-likeness (QED) is 0.855. The van der Waals surface area contributed by atoms with Crippen molar-refractivity contribution in [1.29, 1.82) is 0 Å². The van der Waals surface area contributed by atoms with Gasteiger partial charge in [0.25, 0.3) is 0 Å². The molecule has 0 atom stereocenters. The van der Waals surface area contributed by atoms with E-state index in [1.165, 1.54) is 49.8 Å². The van der Waals surface area contributed by atoms with Crippen LogP contribution in [-0.4, -0.2) is 30.6 Å². The molecule has 19 heavy (non-hydrogen) atoms. The number of benzene rings is 1.